The Labute approximate surface area is 97.5 Å². The van der Waals surface area contributed by atoms with E-state index in [9.17, 15) is 0 Å². The first kappa shape index (κ1) is 11.1. The number of nitrogens with zero attached hydrogens (tertiary/aromatic N) is 1. The number of pyridine rings is 1. The molecule has 0 bridgehead atoms. The van der Waals surface area contributed by atoms with Gasteiger partial charge in [-0.2, -0.15) is 0 Å². The highest BCUT2D eigenvalue weighted by atomic mass is 14.7. The first-order valence-corrected chi connectivity index (χ1v) is 6.15. The monoisotopic (exact) mass is 213 g/mol. The Balaban J connectivity index is 2.74. The van der Waals surface area contributed by atoms with Crippen LogP contribution < -0.4 is 0 Å². The van der Waals surface area contributed by atoms with E-state index in [1.807, 2.05) is 0 Å². The zero-order valence-corrected chi connectivity index (χ0v) is 10.4. The number of benzene rings is 1. The van der Waals surface area contributed by atoms with Gasteiger partial charge in [-0.05, 0) is 37.0 Å². The molecule has 0 aliphatic heterocycles. The summed E-state index contributed by atoms with van der Waals surface area (Å²) in [7, 11) is 0. The maximum Gasteiger partial charge on any atom is 0.0708 e. The fraction of sp³-hybridized carbons (Fsp3) is 0.400. The van der Waals surface area contributed by atoms with Gasteiger partial charge in [0.1, 0.15) is 0 Å². The number of fused-ring (bicyclic) bond motifs is 1. The van der Waals surface area contributed by atoms with Crippen molar-refractivity contribution in [2.45, 2.75) is 40.0 Å². The second-order valence-electron chi connectivity index (χ2n) is 4.28. The van der Waals surface area contributed by atoms with Crippen molar-refractivity contribution in [1.82, 2.24) is 4.98 Å². The van der Waals surface area contributed by atoms with E-state index >= 15 is 0 Å². The van der Waals surface area contributed by atoms with Gasteiger partial charge >= 0.3 is 0 Å². The lowest BCUT2D eigenvalue weighted by molar-refractivity contribution is 0.882. The van der Waals surface area contributed by atoms with Crippen molar-refractivity contribution in [2.75, 3.05) is 0 Å². The Morgan fingerprint density at radius 2 is 1.81 bits per heavy atom. The van der Waals surface area contributed by atoms with Gasteiger partial charge in [-0.1, -0.05) is 38.5 Å². The van der Waals surface area contributed by atoms with E-state index in [0.29, 0.717) is 0 Å². The zero-order chi connectivity index (χ0) is 11.5. The van der Waals surface area contributed by atoms with E-state index in [-0.39, 0.29) is 0 Å². The summed E-state index contributed by atoms with van der Waals surface area (Å²) in [5.74, 6) is 0. The Morgan fingerprint density at radius 1 is 1.06 bits per heavy atom. The lowest BCUT2D eigenvalue weighted by atomic mass is 9.96. The fourth-order valence-corrected chi connectivity index (χ4v) is 2.44. The Morgan fingerprint density at radius 3 is 2.50 bits per heavy atom. The SMILES string of the molecule is CCCc1c(C)nc2ccccc2c1CC. The van der Waals surface area contributed by atoms with Crippen molar-refractivity contribution >= 4 is 10.9 Å². The van der Waals surface area contributed by atoms with E-state index in [1.165, 1.54) is 28.6 Å². The van der Waals surface area contributed by atoms with Crippen LogP contribution in [0.4, 0.5) is 0 Å². The van der Waals surface area contributed by atoms with Crippen LogP contribution in [0.5, 0.6) is 0 Å². The standard InChI is InChI=1S/C15H19N/c1-4-8-13-11(3)16-15-10-7-6-9-14(15)12(13)5-2/h6-7,9-10H,4-5,8H2,1-3H3. The zero-order valence-electron chi connectivity index (χ0n) is 10.4. The third kappa shape index (κ3) is 1.82. The molecule has 84 valence electrons. The predicted molar refractivity (Wildman–Crippen MR) is 69.9 cm³/mol. The normalized spacial score (nSPS) is 10.9. The molecule has 2 rings (SSSR count). The molecule has 16 heavy (non-hydrogen) atoms. The van der Waals surface area contributed by atoms with Gasteiger partial charge in [0, 0.05) is 11.1 Å². The highest BCUT2D eigenvalue weighted by molar-refractivity contribution is 5.83. The molecule has 0 aliphatic rings. The summed E-state index contributed by atoms with van der Waals surface area (Å²) >= 11 is 0. The molecular weight excluding hydrogens is 194 g/mol. The van der Waals surface area contributed by atoms with Crippen molar-refractivity contribution in [3.8, 4) is 0 Å². The highest BCUT2D eigenvalue weighted by Crippen LogP contribution is 2.24. The Kier molecular flexibility index (Phi) is 3.23. The lowest BCUT2D eigenvalue weighted by Crippen LogP contribution is -2.00. The van der Waals surface area contributed by atoms with Crippen molar-refractivity contribution in [3.63, 3.8) is 0 Å². The Hall–Kier alpha value is -1.37. The van der Waals surface area contributed by atoms with Crippen LogP contribution in [0, 0.1) is 6.92 Å². The molecule has 0 saturated heterocycles. The molecule has 0 fully saturated rings. The first-order chi connectivity index (χ1) is 7.77. The first-order valence-electron chi connectivity index (χ1n) is 6.15. The smallest absolute Gasteiger partial charge is 0.0708 e. The van der Waals surface area contributed by atoms with Gasteiger partial charge in [-0.15, -0.1) is 0 Å². The lowest BCUT2D eigenvalue weighted by Gasteiger charge is -2.13. The maximum atomic E-state index is 4.70. The van der Waals surface area contributed by atoms with Gasteiger partial charge < -0.3 is 0 Å². The number of aromatic nitrogens is 1. The molecule has 0 radical (unpaired) electrons. The molecule has 0 unspecified atom stereocenters. The van der Waals surface area contributed by atoms with Crippen LogP contribution in [0.2, 0.25) is 0 Å². The topological polar surface area (TPSA) is 12.9 Å². The van der Waals surface area contributed by atoms with E-state index in [1.54, 1.807) is 0 Å². The molecule has 1 aromatic heterocycles. The van der Waals surface area contributed by atoms with Gasteiger partial charge in [0.25, 0.3) is 0 Å². The number of aryl methyl sites for hydroxylation is 2. The average molecular weight is 213 g/mol. The number of hydrogen-bond acceptors (Lipinski definition) is 1. The minimum atomic E-state index is 1.10. The summed E-state index contributed by atoms with van der Waals surface area (Å²) in [5.41, 5.74) is 5.29. The number of hydrogen-bond donors (Lipinski definition) is 0. The minimum Gasteiger partial charge on any atom is -0.253 e. The van der Waals surface area contributed by atoms with E-state index in [2.05, 4.69) is 45.0 Å². The summed E-state index contributed by atoms with van der Waals surface area (Å²) < 4.78 is 0. The van der Waals surface area contributed by atoms with Gasteiger partial charge in [-0.3, -0.25) is 4.98 Å². The summed E-state index contributed by atoms with van der Waals surface area (Å²) in [6.07, 6.45) is 3.43. The van der Waals surface area contributed by atoms with Crippen LogP contribution in [0.25, 0.3) is 10.9 Å². The van der Waals surface area contributed by atoms with Crippen LogP contribution in [0.1, 0.15) is 37.1 Å². The van der Waals surface area contributed by atoms with E-state index in [0.717, 1.165) is 18.4 Å². The Bertz CT molecular complexity index is 500. The molecule has 0 N–H and O–H groups in total. The molecule has 1 heterocycles. The molecule has 1 heteroatoms. The average Bonchev–Trinajstić information content (AvgIpc) is 2.30. The number of para-hydroxylation sites is 1. The molecule has 0 saturated carbocycles. The van der Waals surface area contributed by atoms with Gasteiger partial charge in [0.2, 0.25) is 0 Å². The van der Waals surface area contributed by atoms with E-state index in [4.69, 9.17) is 4.98 Å². The quantitative estimate of drug-likeness (QED) is 0.749. The number of rotatable bonds is 3. The molecule has 0 amide bonds. The van der Waals surface area contributed by atoms with Gasteiger partial charge in [-0.25, -0.2) is 0 Å². The van der Waals surface area contributed by atoms with Gasteiger partial charge in [0.05, 0.1) is 5.52 Å². The summed E-state index contributed by atoms with van der Waals surface area (Å²) in [5, 5.41) is 1.33. The third-order valence-electron chi connectivity index (χ3n) is 3.17. The van der Waals surface area contributed by atoms with Crippen LogP contribution in [-0.2, 0) is 12.8 Å². The summed E-state index contributed by atoms with van der Waals surface area (Å²) in [4.78, 5) is 4.70. The largest absolute Gasteiger partial charge is 0.253 e. The van der Waals surface area contributed by atoms with Crippen molar-refractivity contribution in [1.29, 1.82) is 0 Å². The molecule has 0 atom stereocenters. The highest BCUT2D eigenvalue weighted by Gasteiger charge is 2.09. The molecular formula is C15H19N. The molecule has 0 spiro atoms. The van der Waals surface area contributed by atoms with E-state index < -0.39 is 0 Å². The van der Waals surface area contributed by atoms with Gasteiger partial charge in [0.15, 0.2) is 0 Å². The van der Waals surface area contributed by atoms with Crippen molar-refractivity contribution in [2.24, 2.45) is 0 Å². The summed E-state index contributed by atoms with van der Waals surface area (Å²) in [6.45, 7) is 6.60. The molecule has 0 aliphatic carbocycles. The molecule has 1 nitrogen and oxygen atoms in total. The maximum absolute atomic E-state index is 4.70. The molecule has 2 aromatic rings. The second-order valence-corrected chi connectivity index (χ2v) is 4.28. The van der Waals surface area contributed by atoms with Crippen molar-refractivity contribution < 1.29 is 0 Å². The summed E-state index contributed by atoms with van der Waals surface area (Å²) in [6, 6.07) is 8.47. The second kappa shape index (κ2) is 4.65. The van der Waals surface area contributed by atoms with Crippen LogP contribution in [0.15, 0.2) is 24.3 Å². The van der Waals surface area contributed by atoms with Crippen molar-refractivity contribution in [3.05, 3.63) is 41.1 Å². The fourth-order valence-electron chi connectivity index (χ4n) is 2.44. The minimum absolute atomic E-state index is 1.10. The third-order valence-corrected chi connectivity index (χ3v) is 3.17. The van der Waals surface area contributed by atoms with Crippen LogP contribution >= 0.6 is 0 Å². The van der Waals surface area contributed by atoms with Crippen LogP contribution in [0.3, 0.4) is 0 Å². The molecule has 1 aromatic carbocycles. The van der Waals surface area contributed by atoms with Crippen LogP contribution in [-0.4, -0.2) is 4.98 Å². The predicted octanol–water partition coefficient (Wildman–Crippen LogP) is 4.06.